The molecular weight excluding hydrogens is 586 g/mol. The van der Waals surface area contributed by atoms with Gasteiger partial charge in [0.1, 0.15) is 18.3 Å². The van der Waals surface area contributed by atoms with Gasteiger partial charge in [0.2, 0.25) is 11.8 Å². The maximum Gasteiger partial charge on any atom is 0.264 e. The first-order chi connectivity index (χ1) is 20.6. The summed E-state index contributed by atoms with van der Waals surface area (Å²) < 4.78 is 34.7. The van der Waals surface area contributed by atoms with Crippen molar-refractivity contribution in [3.05, 3.63) is 88.9 Å². The molecule has 0 saturated heterocycles. The van der Waals surface area contributed by atoms with Crippen LogP contribution in [0.1, 0.15) is 57.1 Å². The lowest BCUT2D eigenvalue weighted by molar-refractivity contribution is -0.140. The molecule has 0 heterocycles. The highest BCUT2D eigenvalue weighted by atomic mass is 35.5. The Balaban J connectivity index is 1.70. The number of carbonyl (C=O) groups excluding carboxylic acids is 2. The van der Waals surface area contributed by atoms with E-state index in [0.29, 0.717) is 29.5 Å². The summed E-state index contributed by atoms with van der Waals surface area (Å²) in [4.78, 5) is 29.3. The third-order valence-corrected chi connectivity index (χ3v) is 9.72. The van der Waals surface area contributed by atoms with E-state index in [2.05, 4.69) is 5.32 Å². The highest BCUT2D eigenvalue weighted by Crippen LogP contribution is 2.27. The number of sulfonamides is 1. The summed E-state index contributed by atoms with van der Waals surface area (Å²) in [7, 11) is -4.16. The van der Waals surface area contributed by atoms with Crippen LogP contribution in [0.4, 0.5) is 5.69 Å². The largest absolute Gasteiger partial charge is 0.494 e. The molecule has 10 heteroatoms. The van der Waals surface area contributed by atoms with E-state index in [1.54, 1.807) is 60.7 Å². The van der Waals surface area contributed by atoms with Gasteiger partial charge in [-0.15, -0.1) is 0 Å². The van der Waals surface area contributed by atoms with Crippen LogP contribution in [0.15, 0.2) is 77.7 Å². The number of rotatable bonds is 13. The molecule has 2 amide bonds. The van der Waals surface area contributed by atoms with Gasteiger partial charge in [0.25, 0.3) is 10.0 Å². The number of hydrogen-bond donors (Lipinski definition) is 1. The second-order valence-corrected chi connectivity index (χ2v) is 13.1. The fraction of sp³-hybridized carbons (Fsp3) is 0.394. The summed E-state index contributed by atoms with van der Waals surface area (Å²) in [6.07, 6.45) is 4.31. The zero-order valence-electron chi connectivity index (χ0n) is 25.0. The molecule has 0 bridgehead atoms. The van der Waals surface area contributed by atoms with E-state index in [0.717, 1.165) is 41.1 Å². The molecule has 0 aliphatic heterocycles. The van der Waals surface area contributed by atoms with Gasteiger partial charge in [-0.3, -0.25) is 13.9 Å². The van der Waals surface area contributed by atoms with E-state index in [-0.39, 0.29) is 23.4 Å². The van der Waals surface area contributed by atoms with Crippen LogP contribution in [-0.2, 0) is 26.2 Å². The zero-order valence-corrected chi connectivity index (χ0v) is 26.5. The smallest absolute Gasteiger partial charge is 0.264 e. The summed E-state index contributed by atoms with van der Waals surface area (Å²) in [5.41, 5.74) is 2.08. The summed E-state index contributed by atoms with van der Waals surface area (Å²) in [6, 6.07) is 19.5. The molecule has 1 fully saturated rings. The summed E-state index contributed by atoms with van der Waals surface area (Å²) in [5, 5.41) is 3.68. The number of anilines is 1. The van der Waals surface area contributed by atoms with Crippen LogP contribution in [0.25, 0.3) is 0 Å². The molecule has 230 valence electrons. The van der Waals surface area contributed by atoms with E-state index >= 15 is 0 Å². The van der Waals surface area contributed by atoms with Crippen molar-refractivity contribution in [1.82, 2.24) is 10.2 Å². The molecule has 1 aliphatic rings. The maximum atomic E-state index is 14.2. The Labute approximate surface area is 260 Å². The lowest BCUT2D eigenvalue weighted by atomic mass is 10.1. The van der Waals surface area contributed by atoms with Gasteiger partial charge in [0.15, 0.2) is 0 Å². The average molecular weight is 626 g/mol. The van der Waals surface area contributed by atoms with Crippen LogP contribution in [0.2, 0.25) is 5.02 Å². The summed E-state index contributed by atoms with van der Waals surface area (Å²) >= 11 is 6.10. The Bertz CT molecular complexity index is 1470. The van der Waals surface area contributed by atoms with Crippen molar-refractivity contribution in [2.45, 2.75) is 76.4 Å². The molecule has 0 spiro atoms. The van der Waals surface area contributed by atoms with E-state index in [9.17, 15) is 18.0 Å². The Hall–Kier alpha value is -3.56. The van der Waals surface area contributed by atoms with Crippen molar-refractivity contribution in [3.8, 4) is 5.75 Å². The molecule has 0 aromatic heterocycles. The van der Waals surface area contributed by atoms with Gasteiger partial charge >= 0.3 is 0 Å². The molecule has 8 nitrogen and oxygen atoms in total. The van der Waals surface area contributed by atoms with E-state index < -0.39 is 28.5 Å². The maximum absolute atomic E-state index is 14.2. The molecule has 0 radical (unpaired) electrons. The number of hydrogen-bond acceptors (Lipinski definition) is 5. The minimum absolute atomic E-state index is 0.0274. The van der Waals surface area contributed by atoms with Gasteiger partial charge in [-0.05, 0) is 87.2 Å². The molecule has 1 aliphatic carbocycles. The first kappa shape index (κ1) is 32.4. The van der Waals surface area contributed by atoms with Crippen molar-refractivity contribution < 1.29 is 22.7 Å². The molecule has 0 unspecified atom stereocenters. The molecular formula is C33H40ClN3O5S. The minimum atomic E-state index is -4.16. The van der Waals surface area contributed by atoms with Gasteiger partial charge in [-0.1, -0.05) is 61.2 Å². The SMILES string of the molecule is CCOc1ccc(S(=O)(=O)N(CC(=O)N(Cc2ccc(Cl)cc2)[C@@H](CC)C(=O)NC2CCCC2)c2ccc(C)cc2)cc1. The van der Waals surface area contributed by atoms with Crippen molar-refractivity contribution in [3.63, 3.8) is 0 Å². The number of nitrogens with zero attached hydrogens (tertiary/aromatic N) is 2. The van der Waals surface area contributed by atoms with Crippen LogP contribution < -0.4 is 14.4 Å². The fourth-order valence-corrected chi connectivity index (χ4v) is 6.86. The number of ether oxygens (including phenoxy) is 1. The third kappa shape index (κ3) is 8.30. The highest BCUT2D eigenvalue weighted by Gasteiger charge is 2.34. The zero-order chi connectivity index (χ0) is 31.0. The fourth-order valence-electron chi connectivity index (χ4n) is 5.32. The summed E-state index contributed by atoms with van der Waals surface area (Å²) in [6.45, 7) is 5.70. The van der Waals surface area contributed by atoms with Crippen molar-refractivity contribution in [2.75, 3.05) is 17.5 Å². The molecule has 3 aromatic carbocycles. The second-order valence-electron chi connectivity index (χ2n) is 10.8. The Morgan fingerprint density at radius 2 is 1.58 bits per heavy atom. The van der Waals surface area contributed by atoms with E-state index in [4.69, 9.17) is 16.3 Å². The quantitative estimate of drug-likeness (QED) is 0.247. The summed E-state index contributed by atoms with van der Waals surface area (Å²) in [5.74, 6) is -0.168. The monoisotopic (exact) mass is 625 g/mol. The van der Waals surface area contributed by atoms with Crippen molar-refractivity contribution in [2.24, 2.45) is 0 Å². The molecule has 1 N–H and O–H groups in total. The lowest BCUT2D eigenvalue weighted by Gasteiger charge is -2.33. The van der Waals surface area contributed by atoms with Crippen LogP contribution >= 0.6 is 11.6 Å². The van der Waals surface area contributed by atoms with Crippen LogP contribution in [0.5, 0.6) is 5.75 Å². The van der Waals surface area contributed by atoms with Gasteiger partial charge < -0.3 is 15.0 Å². The molecule has 3 aromatic rings. The predicted molar refractivity (Wildman–Crippen MR) is 170 cm³/mol. The Morgan fingerprint density at radius 3 is 2.16 bits per heavy atom. The van der Waals surface area contributed by atoms with Crippen LogP contribution in [0.3, 0.4) is 0 Å². The highest BCUT2D eigenvalue weighted by molar-refractivity contribution is 7.92. The number of nitrogens with one attached hydrogen (secondary N) is 1. The van der Waals surface area contributed by atoms with Crippen molar-refractivity contribution >= 4 is 39.1 Å². The van der Waals surface area contributed by atoms with Gasteiger partial charge in [0.05, 0.1) is 17.2 Å². The molecule has 1 atom stereocenters. The molecule has 4 rings (SSSR count). The predicted octanol–water partition coefficient (Wildman–Crippen LogP) is 6.11. The number of amides is 2. The lowest BCUT2D eigenvalue weighted by Crippen LogP contribution is -2.53. The normalized spacial score (nSPS) is 14.2. The Morgan fingerprint density at radius 1 is 0.953 bits per heavy atom. The van der Waals surface area contributed by atoms with Crippen LogP contribution in [-0.4, -0.2) is 50.4 Å². The number of halogens is 1. The molecule has 43 heavy (non-hydrogen) atoms. The van der Waals surface area contributed by atoms with Gasteiger partial charge in [-0.2, -0.15) is 0 Å². The van der Waals surface area contributed by atoms with Crippen LogP contribution in [0, 0.1) is 6.92 Å². The minimum Gasteiger partial charge on any atom is -0.494 e. The van der Waals surface area contributed by atoms with Crippen molar-refractivity contribution in [1.29, 1.82) is 0 Å². The van der Waals surface area contributed by atoms with Gasteiger partial charge in [-0.25, -0.2) is 8.42 Å². The first-order valence-electron chi connectivity index (χ1n) is 14.8. The van der Waals surface area contributed by atoms with E-state index in [1.165, 1.54) is 17.0 Å². The topological polar surface area (TPSA) is 96.0 Å². The van der Waals surface area contributed by atoms with Gasteiger partial charge in [0, 0.05) is 17.6 Å². The second kappa shape index (κ2) is 14.8. The third-order valence-electron chi connectivity index (χ3n) is 7.68. The first-order valence-corrected chi connectivity index (χ1v) is 16.6. The number of carbonyl (C=O) groups is 2. The number of benzene rings is 3. The average Bonchev–Trinajstić information content (AvgIpc) is 3.50. The van der Waals surface area contributed by atoms with E-state index in [1.807, 2.05) is 20.8 Å². The number of aryl methyl sites for hydroxylation is 1. The molecule has 1 saturated carbocycles. The standard InChI is InChI=1S/C33H40ClN3O5S/c1-4-31(33(39)35-27-8-6-7-9-27)36(22-25-12-14-26(34)15-13-25)32(38)23-37(28-16-10-24(3)11-17-28)43(40,41)30-20-18-29(19-21-30)42-5-2/h10-21,27,31H,4-9,22-23H2,1-3H3,(H,35,39)/t31-/m0/s1. The Kier molecular flexibility index (Phi) is 11.1.